The monoisotopic (exact) mass is 194 g/mol. The molecule has 1 aromatic carbocycles. The standard InChI is InChI=1S/C10H14N2O2/c1-11-12-9(10(13)14)7-8-5-3-2-4-6-8/h2-6,9,11-12H,7H2,1H3,(H,13,14)/t9-/m1/s1. The molecule has 0 spiro atoms. The van der Waals surface area contributed by atoms with Gasteiger partial charge in [-0.15, -0.1) is 0 Å². The van der Waals surface area contributed by atoms with Gasteiger partial charge < -0.3 is 5.11 Å². The van der Waals surface area contributed by atoms with Crippen molar-refractivity contribution in [2.45, 2.75) is 12.5 Å². The molecule has 0 radical (unpaired) electrons. The molecule has 4 nitrogen and oxygen atoms in total. The van der Waals surface area contributed by atoms with Gasteiger partial charge in [0.1, 0.15) is 6.04 Å². The summed E-state index contributed by atoms with van der Waals surface area (Å²) >= 11 is 0. The summed E-state index contributed by atoms with van der Waals surface area (Å²) in [5.41, 5.74) is 6.32. The number of hydrogen-bond acceptors (Lipinski definition) is 3. The molecule has 1 aromatic rings. The zero-order valence-corrected chi connectivity index (χ0v) is 8.03. The van der Waals surface area contributed by atoms with Crippen LogP contribution < -0.4 is 10.9 Å². The number of rotatable bonds is 5. The number of carboxylic acid groups (broad SMARTS) is 1. The molecule has 0 aliphatic rings. The van der Waals surface area contributed by atoms with Gasteiger partial charge in [0, 0.05) is 0 Å². The Morgan fingerprint density at radius 2 is 2.07 bits per heavy atom. The van der Waals surface area contributed by atoms with Gasteiger partial charge in [0.15, 0.2) is 0 Å². The van der Waals surface area contributed by atoms with Crippen molar-refractivity contribution in [3.63, 3.8) is 0 Å². The number of hydrazine groups is 1. The molecule has 0 heterocycles. The summed E-state index contributed by atoms with van der Waals surface area (Å²) in [5, 5.41) is 8.86. The van der Waals surface area contributed by atoms with Crippen molar-refractivity contribution in [2.75, 3.05) is 7.05 Å². The summed E-state index contributed by atoms with van der Waals surface area (Å²) in [5.74, 6) is -0.858. The highest BCUT2D eigenvalue weighted by Crippen LogP contribution is 2.02. The zero-order valence-electron chi connectivity index (χ0n) is 8.03. The number of aliphatic carboxylic acids is 1. The summed E-state index contributed by atoms with van der Waals surface area (Å²) in [4.78, 5) is 10.8. The third-order valence-corrected chi connectivity index (χ3v) is 1.90. The van der Waals surface area contributed by atoms with E-state index < -0.39 is 12.0 Å². The second-order valence-corrected chi connectivity index (χ2v) is 2.97. The Bertz CT molecular complexity index is 287. The normalized spacial score (nSPS) is 12.4. The van der Waals surface area contributed by atoms with E-state index in [1.54, 1.807) is 7.05 Å². The van der Waals surface area contributed by atoms with Gasteiger partial charge in [-0.3, -0.25) is 10.2 Å². The van der Waals surface area contributed by atoms with Crippen molar-refractivity contribution < 1.29 is 9.90 Å². The highest BCUT2D eigenvalue weighted by Gasteiger charge is 2.15. The second kappa shape index (κ2) is 5.36. The van der Waals surface area contributed by atoms with Crippen LogP contribution in [-0.4, -0.2) is 24.2 Å². The maximum Gasteiger partial charge on any atom is 0.322 e. The molecule has 0 saturated carbocycles. The predicted molar refractivity (Wildman–Crippen MR) is 53.8 cm³/mol. The number of carbonyl (C=O) groups is 1. The third kappa shape index (κ3) is 3.16. The largest absolute Gasteiger partial charge is 0.480 e. The predicted octanol–water partition coefficient (Wildman–Crippen LogP) is 0.406. The molecule has 0 amide bonds. The maximum atomic E-state index is 10.8. The third-order valence-electron chi connectivity index (χ3n) is 1.90. The van der Waals surface area contributed by atoms with Gasteiger partial charge in [-0.25, -0.2) is 5.43 Å². The molecular weight excluding hydrogens is 180 g/mol. The Kier molecular flexibility index (Phi) is 4.10. The van der Waals surface area contributed by atoms with E-state index in [1.165, 1.54) is 0 Å². The van der Waals surface area contributed by atoms with Crippen LogP contribution in [0.25, 0.3) is 0 Å². The van der Waals surface area contributed by atoms with Crippen molar-refractivity contribution >= 4 is 5.97 Å². The van der Waals surface area contributed by atoms with Crippen LogP contribution in [0.2, 0.25) is 0 Å². The van der Waals surface area contributed by atoms with Crippen molar-refractivity contribution in [1.82, 2.24) is 10.9 Å². The van der Waals surface area contributed by atoms with Crippen LogP contribution in [0.3, 0.4) is 0 Å². The Morgan fingerprint density at radius 3 is 2.57 bits per heavy atom. The van der Waals surface area contributed by atoms with E-state index in [2.05, 4.69) is 10.9 Å². The summed E-state index contributed by atoms with van der Waals surface area (Å²) in [6, 6.07) is 8.93. The van der Waals surface area contributed by atoms with E-state index >= 15 is 0 Å². The van der Waals surface area contributed by atoms with Gasteiger partial charge in [0.2, 0.25) is 0 Å². The fourth-order valence-electron chi connectivity index (χ4n) is 1.22. The van der Waals surface area contributed by atoms with Crippen molar-refractivity contribution in [1.29, 1.82) is 0 Å². The van der Waals surface area contributed by atoms with Crippen LogP contribution in [0.5, 0.6) is 0 Å². The summed E-state index contributed by atoms with van der Waals surface area (Å²) in [7, 11) is 1.65. The molecule has 3 N–H and O–H groups in total. The molecule has 0 unspecified atom stereocenters. The van der Waals surface area contributed by atoms with Gasteiger partial charge in [-0.05, 0) is 19.0 Å². The van der Waals surface area contributed by atoms with Crippen molar-refractivity contribution in [3.05, 3.63) is 35.9 Å². The average Bonchev–Trinajstić information content (AvgIpc) is 2.18. The zero-order chi connectivity index (χ0) is 10.4. The molecule has 0 bridgehead atoms. The Labute approximate surface area is 82.9 Å². The quantitative estimate of drug-likeness (QED) is 0.594. The maximum absolute atomic E-state index is 10.8. The molecule has 0 saturated heterocycles. The Balaban J connectivity index is 2.60. The highest BCUT2D eigenvalue weighted by atomic mass is 16.4. The Morgan fingerprint density at radius 1 is 1.43 bits per heavy atom. The van der Waals surface area contributed by atoms with Crippen LogP contribution in [0.1, 0.15) is 5.56 Å². The molecule has 0 aliphatic heterocycles. The number of carboxylic acids is 1. The van der Waals surface area contributed by atoms with Gasteiger partial charge >= 0.3 is 5.97 Å². The van der Waals surface area contributed by atoms with Crippen LogP contribution in [0, 0.1) is 0 Å². The molecule has 14 heavy (non-hydrogen) atoms. The van der Waals surface area contributed by atoms with E-state index in [1.807, 2.05) is 30.3 Å². The minimum atomic E-state index is -0.858. The summed E-state index contributed by atoms with van der Waals surface area (Å²) in [6.07, 6.45) is 0.469. The first-order valence-electron chi connectivity index (χ1n) is 4.43. The van der Waals surface area contributed by atoms with Crippen LogP contribution >= 0.6 is 0 Å². The first-order chi connectivity index (χ1) is 6.74. The molecule has 0 fully saturated rings. The molecule has 0 aromatic heterocycles. The fourth-order valence-corrected chi connectivity index (χ4v) is 1.22. The van der Waals surface area contributed by atoms with Crippen molar-refractivity contribution in [3.8, 4) is 0 Å². The molecule has 0 aliphatic carbocycles. The highest BCUT2D eigenvalue weighted by molar-refractivity contribution is 5.73. The lowest BCUT2D eigenvalue weighted by molar-refractivity contribution is -0.139. The summed E-state index contributed by atoms with van der Waals surface area (Å²) < 4.78 is 0. The van der Waals surface area contributed by atoms with Gasteiger partial charge in [-0.2, -0.15) is 0 Å². The fraction of sp³-hybridized carbons (Fsp3) is 0.300. The van der Waals surface area contributed by atoms with Crippen molar-refractivity contribution in [2.24, 2.45) is 0 Å². The molecular formula is C10H14N2O2. The molecule has 1 atom stereocenters. The van der Waals surface area contributed by atoms with E-state index in [4.69, 9.17) is 5.11 Å². The SMILES string of the molecule is CNN[C@H](Cc1ccccc1)C(=O)O. The van der Waals surface area contributed by atoms with E-state index in [0.717, 1.165) is 5.56 Å². The van der Waals surface area contributed by atoms with E-state index in [9.17, 15) is 4.79 Å². The Hall–Kier alpha value is -1.39. The van der Waals surface area contributed by atoms with E-state index in [0.29, 0.717) is 6.42 Å². The van der Waals surface area contributed by atoms with E-state index in [-0.39, 0.29) is 0 Å². The van der Waals surface area contributed by atoms with Crippen LogP contribution in [0.15, 0.2) is 30.3 Å². The number of benzene rings is 1. The lowest BCUT2D eigenvalue weighted by Crippen LogP contribution is -2.44. The number of hydrogen-bond donors (Lipinski definition) is 3. The molecule has 4 heteroatoms. The molecule has 76 valence electrons. The average molecular weight is 194 g/mol. The first kappa shape index (κ1) is 10.7. The first-order valence-corrected chi connectivity index (χ1v) is 4.43. The van der Waals surface area contributed by atoms with Gasteiger partial charge in [-0.1, -0.05) is 30.3 Å². The number of nitrogens with one attached hydrogen (secondary N) is 2. The minimum Gasteiger partial charge on any atom is -0.480 e. The molecule has 1 rings (SSSR count). The topological polar surface area (TPSA) is 61.4 Å². The summed E-state index contributed by atoms with van der Waals surface area (Å²) in [6.45, 7) is 0. The lowest BCUT2D eigenvalue weighted by Gasteiger charge is -2.13. The van der Waals surface area contributed by atoms with Crippen LogP contribution in [-0.2, 0) is 11.2 Å². The lowest BCUT2D eigenvalue weighted by atomic mass is 10.1. The minimum absolute atomic E-state index is 0.469. The smallest absolute Gasteiger partial charge is 0.322 e. The van der Waals surface area contributed by atoms with Crippen LogP contribution in [0.4, 0.5) is 0 Å². The van der Waals surface area contributed by atoms with Gasteiger partial charge in [0.05, 0.1) is 0 Å². The second-order valence-electron chi connectivity index (χ2n) is 2.97. The van der Waals surface area contributed by atoms with Gasteiger partial charge in [0.25, 0.3) is 0 Å².